The number of aliphatic hydroxyl groups excluding tert-OH is 1. The van der Waals surface area contributed by atoms with Gasteiger partial charge in [0.05, 0.1) is 16.2 Å². The van der Waals surface area contributed by atoms with Crippen LogP contribution in [0.4, 0.5) is 0 Å². The van der Waals surface area contributed by atoms with Crippen molar-refractivity contribution in [2.45, 2.75) is 154 Å². The third-order valence-electron chi connectivity index (χ3n) is 5.99. The number of unbranched alkanes of at least 4 members (excludes halogenated alkanes) is 13. The topological polar surface area (TPSA) is 77.4 Å². The van der Waals surface area contributed by atoms with Crippen molar-refractivity contribution < 1.29 is 47.6 Å². The quantitative estimate of drug-likeness (QED) is 0.151. The van der Waals surface area contributed by atoms with Gasteiger partial charge in [-0.15, -0.1) is 0 Å². The van der Waals surface area contributed by atoms with Crippen molar-refractivity contribution in [3.05, 3.63) is 0 Å². The Balaban J connectivity index is 0. The van der Waals surface area contributed by atoms with Crippen LogP contribution in [0.25, 0.3) is 0 Å². The third-order valence-corrected chi connectivity index (χ3v) is 7.28. The normalized spacial score (nSPS) is 13.7. The molecule has 2 unspecified atom stereocenters. The third kappa shape index (κ3) is 22.1. The van der Waals surface area contributed by atoms with Crippen molar-refractivity contribution >= 4 is 10.1 Å². The molecule has 1 N–H and O–H groups in total. The van der Waals surface area contributed by atoms with Crippen molar-refractivity contribution in [1.82, 2.24) is 0 Å². The van der Waals surface area contributed by atoms with Crippen molar-refractivity contribution in [1.29, 1.82) is 0 Å². The largest absolute Gasteiger partial charge is 1.00 e. The molecule has 0 radical (unpaired) electrons. The van der Waals surface area contributed by atoms with E-state index in [1.165, 1.54) is 38.5 Å². The van der Waals surface area contributed by atoms with E-state index in [1.54, 1.807) is 0 Å². The van der Waals surface area contributed by atoms with Crippen LogP contribution in [0.2, 0.25) is 0 Å². The second-order valence-corrected chi connectivity index (χ2v) is 10.5. The Morgan fingerprint density at radius 1 is 0.600 bits per heavy atom. The fourth-order valence-electron chi connectivity index (χ4n) is 3.98. The van der Waals surface area contributed by atoms with Crippen LogP contribution < -0.4 is 29.6 Å². The van der Waals surface area contributed by atoms with Crippen LogP contribution in [0, 0.1) is 0 Å². The summed E-state index contributed by atoms with van der Waals surface area (Å²) >= 11 is 0. The number of aliphatic hydroxyl groups is 1. The van der Waals surface area contributed by atoms with E-state index < -0.39 is 15.4 Å². The second-order valence-electron chi connectivity index (χ2n) is 8.87. The smallest absolute Gasteiger partial charge is 0.748 e. The monoisotopic (exact) mass is 456 g/mol. The molecule has 0 aromatic heterocycles. The summed E-state index contributed by atoms with van der Waals surface area (Å²) < 4.78 is 34.6. The molecule has 0 heterocycles. The molecular weight excluding hydrogens is 407 g/mol. The van der Waals surface area contributed by atoms with Crippen molar-refractivity contribution in [3.63, 3.8) is 0 Å². The van der Waals surface area contributed by atoms with Gasteiger partial charge in [-0.3, -0.25) is 0 Å². The van der Waals surface area contributed by atoms with Crippen LogP contribution in [0.1, 0.15) is 142 Å². The van der Waals surface area contributed by atoms with E-state index in [9.17, 15) is 18.1 Å². The van der Waals surface area contributed by atoms with Gasteiger partial charge in [0.2, 0.25) is 0 Å². The van der Waals surface area contributed by atoms with Gasteiger partial charge in [0.25, 0.3) is 0 Å². The van der Waals surface area contributed by atoms with Crippen LogP contribution in [-0.4, -0.2) is 29.4 Å². The number of hydrogen-bond acceptors (Lipinski definition) is 4. The fraction of sp³-hybridized carbons (Fsp3) is 1.00. The average molecular weight is 457 g/mol. The summed E-state index contributed by atoms with van der Waals surface area (Å²) in [5, 5.41) is 9.14. The van der Waals surface area contributed by atoms with E-state index in [0.717, 1.165) is 77.0 Å². The van der Waals surface area contributed by atoms with Crippen molar-refractivity contribution in [2.24, 2.45) is 0 Å². The molecule has 30 heavy (non-hydrogen) atoms. The molecule has 0 aliphatic rings. The molecule has 0 amide bonds. The minimum absolute atomic E-state index is 0. The molecule has 0 saturated heterocycles. The van der Waals surface area contributed by atoms with Crippen LogP contribution in [0.5, 0.6) is 0 Å². The Kier molecular flexibility index (Phi) is 25.4. The molecular formula is C24H49NaO4S. The molecule has 0 aromatic carbocycles. The summed E-state index contributed by atoms with van der Waals surface area (Å²) in [7, 11) is -4.17. The zero-order valence-corrected chi connectivity index (χ0v) is 23.2. The van der Waals surface area contributed by atoms with E-state index in [1.807, 2.05) is 0 Å². The first-order valence-corrected chi connectivity index (χ1v) is 14.0. The van der Waals surface area contributed by atoms with Gasteiger partial charge in [-0.1, -0.05) is 117 Å². The van der Waals surface area contributed by atoms with Gasteiger partial charge in [0, 0.05) is 5.25 Å². The molecule has 2 atom stereocenters. The Morgan fingerprint density at radius 3 is 1.33 bits per heavy atom. The Bertz CT molecular complexity index is 442. The molecule has 0 spiro atoms. The predicted molar refractivity (Wildman–Crippen MR) is 123 cm³/mol. The first-order valence-electron chi connectivity index (χ1n) is 12.5. The van der Waals surface area contributed by atoms with Crippen LogP contribution in [-0.2, 0) is 10.1 Å². The van der Waals surface area contributed by atoms with E-state index in [4.69, 9.17) is 0 Å². The molecule has 0 bridgehead atoms. The van der Waals surface area contributed by atoms with Crippen molar-refractivity contribution in [3.8, 4) is 0 Å². The van der Waals surface area contributed by atoms with Crippen LogP contribution in [0.15, 0.2) is 0 Å². The fourth-order valence-corrected chi connectivity index (χ4v) is 4.89. The first-order chi connectivity index (χ1) is 13.9. The molecule has 0 aliphatic carbocycles. The zero-order chi connectivity index (χ0) is 21.8. The summed E-state index contributed by atoms with van der Waals surface area (Å²) in [6.45, 7) is 4.36. The molecule has 176 valence electrons. The standard InChI is InChI=1S/C24H50O4S.Na/c1-3-5-7-8-9-10-11-14-17-21-24(29(26,27)28)22-18-15-12-13-16-20-23(25)19-6-4-2;/h23-25H,3-22H2,1-2H3,(H,26,27,28);/q;+1/p-1. The maximum Gasteiger partial charge on any atom is 1.00 e. The zero-order valence-electron chi connectivity index (χ0n) is 20.4. The molecule has 0 fully saturated rings. The SMILES string of the molecule is CCCCCCCCCCCC(CCCCCCCC(O)CCCC)S(=O)(=O)[O-].[Na+]. The van der Waals surface area contributed by atoms with Crippen molar-refractivity contribution in [2.75, 3.05) is 0 Å². The second kappa shape index (κ2) is 23.0. The van der Waals surface area contributed by atoms with Gasteiger partial charge >= 0.3 is 29.6 Å². The Labute approximate surface area is 210 Å². The van der Waals surface area contributed by atoms with Gasteiger partial charge in [-0.05, 0) is 25.7 Å². The Morgan fingerprint density at radius 2 is 0.933 bits per heavy atom. The van der Waals surface area contributed by atoms with E-state index in [2.05, 4.69) is 13.8 Å². The molecule has 0 aliphatic heterocycles. The van der Waals surface area contributed by atoms with E-state index in [-0.39, 0.29) is 35.7 Å². The molecule has 0 saturated carbocycles. The molecule has 0 aromatic rings. The van der Waals surface area contributed by atoms with Crippen LogP contribution >= 0.6 is 0 Å². The van der Waals surface area contributed by atoms with Gasteiger partial charge in [-0.2, -0.15) is 0 Å². The number of hydrogen-bond donors (Lipinski definition) is 1. The maximum atomic E-state index is 11.5. The van der Waals surface area contributed by atoms with Crippen LogP contribution in [0.3, 0.4) is 0 Å². The summed E-state index contributed by atoms with van der Waals surface area (Å²) in [6, 6.07) is 0. The van der Waals surface area contributed by atoms with Gasteiger partial charge in [0.1, 0.15) is 0 Å². The molecule has 0 rings (SSSR count). The van der Waals surface area contributed by atoms with Gasteiger partial charge < -0.3 is 9.66 Å². The van der Waals surface area contributed by atoms with Gasteiger partial charge in [-0.25, -0.2) is 8.42 Å². The molecule has 6 heteroatoms. The van der Waals surface area contributed by atoms with Gasteiger partial charge in [0.15, 0.2) is 0 Å². The summed E-state index contributed by atoms with van der Waals surface area (Å²) in [6.07, 6.45) is 20.6. The summed E-state index contributed by atoms with van der Waals surface area (Å²) in [5.74, 6) is 0. The maximum absolute atomic E-state index is 11.5. The molecule has 4 nitrogen and oxygen atoms in total. The first kappa shape index (κ1) is 33.0. The van der Waals surface area contributed by atoms with E-state index in [0.29, 0.717) is 12.8 Å². The predicted octanol–water partition coefficient (Wildman–Crippen LogP) is 4.11. The number of rotatable bonds is 22. The minimum Gasteiger partial charge on any atom is -0.748 e. The average Bonchev–Trinajstić information content (AvgIpc) is 2.67. The Hall–Kier alpha value is 0.870. The summed E-state index contributed by atoms with van der Waals surface area (Å²) in [4.78, 5) is 0. The minimum atomic E-state index is -4.17. The van der Waals surface area contributed by atoms with E-state index >= 15 is 0 Å². The summed E-state index contributed by atoms with van der Waals surface area (Å²) in [5.41, 5.74) is 0.